The number of likely N-dealkylation sites (N-methyl/N-ethyl adjacent to an activating group) is 1. The van der Waals surface area contributed by atoms with Gasteiger partial charge in [-0.2, -0.15) is 5.10 Å². The van der Waals surface area contributed by atoms with Crippen molar-refractivity contribution in [3.63, 3.8) is 0 Å². The van der Waals surface area contributed by atoms with Crippen LogP contribution in [0.3, 0.4) is 0 Å². The molecule has 0 N–H and O–H groups in total. The topological polar surface area (TPSA) is 67.7 Å². The molecule has 4 rings (SSSR count). The Bertz CT molecular complexity index is 744. The third-order valence-corrected chi connectivity index (χ3v) is 6.04. The van der Waals surface area contributed by atoms with E-state index in [1.165, 1.54) is 0 Å². The molecule has 0 aromatic carbocycles. The van der Waals surface area contributed by atoms with Gasteiger partial charge < -0.3 is 14.5 Å². The molecule has 4 atom stereocenters. The largest absolute Gasteiger partial charge is 0.360 e. The summed E-state index contributed by atoms with van der Waals surface area (Å²) < 4.78 is 7.99. The average Bonchev–Trinajstić information content (AvgIpc) is 3.39. The van der Waals surface area contributed by atoms with Crippen molar-refractivity contribution < 1.29 is 14.3 Å². The van der Waals surface area contributed by atoms with Crippen molar-refractivity contribution in [3.05, 3.63) is 30.6 Å². The zero-order chi connectivity index (χ0) is 19.2. The number of rotatable bonds is 7. The summed E-state index contributed by atoms with van der Waals surface area (Å²) in [4.78, 5) is 29.9. The van der Waals surface area contributed by atoms with E-state index >= 15 is 0 Å². The molecule has 7 heteroatoms. The number of ether oxygens (including phenoxy) is 1. The van der Waals surface area contributed by atoms with E-state index < -0.39 is 11.5 Å². The van der Waals surface area contributed by atoms with Crippen molar-refractivity contribution in [2.45, 2.75) is 38.5 Å². The number of amides is 2. The highest BCUT2D eigenvalue weighted by molar-refractivity contribution is 5.93. The number of carbonyl (C=O) groups excluding carboxylic acids is 2. The van der Waals surface area contributed by atoms with E-state index in [4.69, 9.17) is 4.74 Å². The maximum atomic E-state index is 13.2. The van der Waals surface area contributed by atoms with Gasteiger partial charge in [-0.25, -0.2) is 0 Å². The van der Waals surface area contributed by atoms with E-state index in [0.717, 1.165) is 13.0 Å². The number of fused-ring (bicyclic) bond motifs is 1. The van der Waals surface area contributed by atoms with Crippen LogP contribution in [0.2, 0.25) is 0 Å². The third kappa shape index (κ3) is 3.08. The van der Waals surface area contributed by atoms with Crippen molar-refractivity contribution >= 4 is 11.8 Å². The lowest BCUT2D eigenvalue weighted by Gasteiger charge is -2.27. The van der Waals surface area contributed by atoms with Gasteiger partial charge in [0.05, 0.1) is 31.0 Å². The van der Waals surface area contributed by atoms with Crippen LogP contribution in [0, 0.1) is 17.8 Å². The van der Waals surface area contributed by atoms with Crippen molar-refractivity contribution in [1.29, 1.82) is 0 Å². The van der Waals surface area contributed by atoms with Crippen LogP contribution in [0.5, 0.6) is 0 Å². The van der Waals surface area contributed by atoms with Gasteiger partial charge in [-0.3, -0.25) is 14.3 Å². The van der Waals surface area contributed by atoms with Crippen LogP contribution >= 0.6 is 0 Å². The number of carbonyl (C=O) groups is 2. The second-order valence-corrected chi connectivity index (χ2v) is 8.37. The molecular weight excluding hydrogens is 344 g/mol. The van der Waals surface area contributed by atoms with Crippen molar-refractivity contribution in [2.75, 3.05) is 26.7 Å². The second kappa shape index (κ2) is 6.78. The Labute approximate surface area is 159 Å². The molecule has 1 aromatic heterocycles. The smallest absolute Gasteiger partial charge is 0.230 e. The first-order valence-corrected chi connectivity index (χ1v) is 9.80. The highest BCUT2D eigenvalue weighted by atomic mass is 16.5. The molecule has 1 aromatic rings. The molecular formula is C20H28N4O3. The summed E-state index contributed by atoms with van der Waals surface area (Å²) >= 11 is 0. The quantitative estimate of drug-likeness (QED) is 0.674. The van der Waals surface area contributed by atoms with E-state index in [2.05, 4.69) is 18.9 Å². The summed E-state index contributed by atoms with van der Waals surface area (Å²) in [6, 6.07) is 1.86. The van der Waals surface area contributed by atoms with Gasteiger partial charge in [0.1, 0.15) is 5.60 Å². The SMILES string of the molecule is CC(C)CCN1C[C@]23C=C[C@H](O2)[C@@H](C(=O)N(C)CCn2cccn2)[C@@H]3C1=O. The molecule has 0 radical (unpaired) electrons. The minimum Gasteiger partial charge on any atom is -0.360 e. The fraction of sp³-hybridized carbons (Fsp3) is 0.650. The number of likely N-dealkylation sites (tertiary alicyclic amines) is 1. The molecule has 0 saturated carbocycles. The fourth-order valence-corrected chi connectivity index (χ4v) is 4.51. The molecule has 0 aliphatic carbocycles. The van der Waals surface area contributed by atoms with Crippen LogP contribution < -0.4 is 0 Å². The minimum atomic E-state index is -0.609. The van der Waals surface area contributed by atoms with Gasteiger partial charge in [0.15, 0.2) is 0 Å². The normalized spacial score (nSPS) is 31.2. The Kier molecular flexibility index (Phi) is 4.58. The van der Waals surface area contributed by atoms with E-state index in [-0.39, 0.29) is 23.8 Å². The molecule has 7 nitrogen and oxygen atoms in total. The van der Waals surface area contributed by atoms with Crippen molar-refractivity contribution in [2.24, 2.45) is 17.8 Å². The first-order valence-electron chi connectivity index (χ1n) is 9.80. The third-order valence-electron chi connectivity index (χ3n) is 6.04. The van der Waals surface area contributed by atoms with Crippen LogP contribution in [-0.4, -0.2) is 69.8 Å². The monoisotopic (exact) mass is 372 g/mol. The van der Waals surface area contributed by atoms with E-state index in [1.807, 2.05) is 29.3 Å². The predicted molar refractivity (Wildman–Crippen MR) is 99.6 cm³/mol. The Balaban J connectivity index is 1.46. The van der Waals surface area contributed by atoms with E-state index in [9.17, 15) is 9.59 Å². The Morgan fingerprint density at radius 3 is 2.96 bits per heavy atom. The molecule has 0 unspecified atom stereocenters. The molecule has 2 saturated heterocycles. The maximum Gasteiger partial charge on any atom is 0.230 e. The van der Waals surface area contributed by atoms with Crippen molar-refractivity contribution in [1.82, 2.24) is 19.6 Å². The van der Waals surface area contributed by atoms with Crippen LogP contribution in [-0.2, 0) is 20.9 Å². The molecule has 2 amide bonds. The lowest BCUT2D eigenvalue weighted by Crippen LogP contribution is -2.45. The van der Waals surface area contributed by atoms with Gasteiger partial charge in [-0.15, -0.1) is 0 Å². The minimum absolute atomic E-state index is 0.0116. The fourth-order valence-electron chi connectivity index (χ4n) is 4.51. The molecule has 4 heterocycles. The van der Waals surface area contributed by atoms with Gasteiger partial charge in [0.2, 0.25) is 11.8 Å². The van der Waals surface area contributed by atoms with Gasteiger partial charge in [-0.1, -0.05) is 26.0 Å². The number of hydrogen-bond acceptors (Lipinski definition) is 4. The average molecular weight is 372 g/mol. The van der Waals surface area contributed by atoms with Gasteiger partial charge in [0.25, 0.3) is 0 Å². The standard InChI is InChI=1S/C20H28N4O3/c1-14(2)6-10-23-13-20-7-5-15(27-20)16(17(20)19(23)26)18(25)22(3)11-12-24-9-4-8-21-24/h4-5,7-9,14-17H,6,10-13H2,1-3H3/t15-,16+,17+,20-/m0/s1. The van der Waals surface area contributed by atoms with Gasteiger partial charge >= 0.3 is 0 Å². The summed E-state index contributed by atoms with van der Waals surface area (Å²) in [5.74, 6) is -0.216. The molecule has 2 fully saturated rings. The van der Waals surface area contributed by atoms with E-state index in [0.29, 0.717) is 25.6 Å². The summed E-state index contributed by atoms with van der Waals surface area (Å²) in [5, 5.41) is 4.17. The lowest BCUT2D eigenvalue weighted by molar-refractivity contribution is -0.142. The molecule has 3 aliphatic rings. The molecule has 27 heavy (non-hydrogen) atoms. The van der Waals surface area contributed by atoms with Crippen molar-refractivity contribution in [3.8, 4) is 0 Å². The molecule has 3 aliphatic heterocycles. The maximum absolute atomic E-state index is 13.2. The predicted octanol–water partition coefficient (Wildman–Crippen LogP) is 1.17. The number of aromatic nitrogens is 2. The van der Waals surface area contributed by atoms with Crippen LogP contribution in [0.1, 0.15) is 20.3 Å². The second-order valence-electron chi connectivity index (χ2n) is 8.37. The summed E-state index contributed by atoms with van der Waals surface area (Å²) in [6.45, 7) is 6.79. The Morgan fingerprint density at radius 2 is 2.26 bits per heavy atom. The summed E-state index contributed by atoms with van der Waals surface area (Å²) in [7, 11) is 1.80. The highest BCUT2D eigenvalue weighted by Gasteiger charge is 2.66. The van der Waals surface area contributed by atoms with Crippen LogP contribution in [0.15, 0.2) is 30.6 Å². The summed E-state index contributed by atoms with van der Waals surface area (Å²) in [6.07, 6.45) is 8.27. The van der Waals surface area contributed by atoms with Crippen LogP contribution in [0.4, 0.5) is 0 Å². The molecule has 2 bridgehead atoms. The summed E-state index contributed by atoms with van der Waals surface area (Å²) in [5.41, 5.74) is -0.609. The zero-order valence-corrected chi connectivity index (χ0v) is 16.2. The van der Waals surface area contributed by atoms with Gasteiger partial charge in [0, 0.05) is 32.5 Å². The number of nitrogens with zero attached hydrogens (tertiary/aromatic N) is 4. The molecule has 1 spiro atoms. The Morgan fingerprint density at radius 1 is 1.44 bits per heavy atom. The van der Waals surface area contributed by atoms with E-state index in [1.54, 1.807) is 22.8 Å². The first kappa shape index (κ1) is 18.2. The first-order chi connectivity index (χ1) is 12.9. The Hall–Kier alpha value is -2.15. The zero-order valence-electron chi connectivity index (χ0n) is 16.2. The highest BCUT2D eigenvalue weighted by Crippen LogP contribution is 2.52. The lowest BCUT2D eigenvalue weighted by atomic mass is 9.76. The molecule has 146 valence electrons. The van der Waals surface area contributed by atoms with Gasteiger partial charge in [-0.05, 0) is 18.4 Å². The van der Waals surface area contributed by atoms with Crippen LogP contribution in [0.25, 0.3) is 0 Å². The number of hydrogen-bond donors (Lipinski definition) is 0.